The Kier molecular flexibility index (Phi) is 4.12. The summed E-state index contributed by atoms with van der Waals surface area (Å²) in [5.41, 5.74) is 1.93. The first kappa shape index (κ1) is 16.0. The zero-order valence-corrected chi connectivity index (χ0v) is 14.2. The van der Waals surface area contributed by atoms with E-state index in [4.69, 9.17) is 4.74 Å². The molecule has 1 aliphatic heterocycles. The molecule has 0 aliphatic carbocycles. The summed E-state index contributed by atoms with van der Waals surface area (Å²) in [4.78, 5) is 4.20. The number of pyridine rings is 1. The lowest BCUT2D eigenvalue weighted by Crippen LogP contribution is -2.44. The summed E-state index contributed by atoms with van der Waals surface area (Å²) >= 11 is 0. The van der Waals surface area contributed by atoms with Gasteiger partial charge in [0, 0.05) is 25.9 Å². The molecule has 0 bridgehead atoms. The summed E-state index contributed by atoms with van der Waals surface area (Å²) in [5.74, 6) is 0.840. The van der Waals surface area contributed by atoms with E-state index in [-0.39, 0.29) is 17.0 Å². The van der Waals surface area contributed by atoms with E-state index in [0.29, 0.717) is 6.42 Å². The van der Waals surface area contributed by atoms with Crippen LogP contribution < -0.4 is 4.74 Å². The highest BCUT2D eigenvalue weighted by Gasteiger charge is 2.35. The number of likely N-dealkylation sites (N-methyl/N-ethyl adjacent to an activating group) is 1. The van der Waals surface area contributed by atoms with Crippen molar-refractivity contribution in [3.05, 3.63) is 53.9 Å². The van der Waals surface area contributed by atoms with Gasteiger partial charge in [-0.3, -0.25) is 4.98 Å². The molecule has 0 saturated carbocycles. The molecular formula is C17H20N2O3S. The highest BCUT2D eigenvalue weighted by Crippen LogP contribution is 2.31. The maximum absolute atomic E-state index is 12.8. The summed E-state index contributed by atoms with van der Waals surface area (Å²) in [6.07, 6.45) is 3.54. The molecule has 0 amide bonds. The van der Waals surface area contributed by atoms with Gasteiger partial charge in [-0.05, 0) is 37.1 Å². The van der Waals surface area contributed by atoms with E-state index in [0.717, 1.165) is 16.9 Å². The van der Waals surface area contributed by atoms with Gasteiger partial charge < -0.3 is 4.74 Å². The van der Waals surface area contributed by atoms with Gasteiger partial charge in [-0.1, -0.05) is 18.2 Å². The van der Waals surface area contributed by atoms with Crippen LogP contribution in [0.15, 0.2) is 47.6 Å². The predicted molar refractivity (Wildman–Crippen MR) is 87.9 cm³/mol. The first-order valence-corrected chi connectivity index (χ1v) is 8.98. The lowest BCUT2D eigenvalue weighted by Gasteiger charge is -2.28. The summed E-state index contributed by atoms with van der Waals surface area (Å²) in [5, 5.41) is 0. The summed E-state index contributed by atoms with van der Waals surface area (Å²) in [6.45, 7) is 3.70. The minimum Gasteiger partial charge on any atom is -0.488 e. The van der Waals surface area contributed by atoms with Crippen LogP contribution in [0.4, 0.5) is 0 Å². The highest BCUT2D eigenvalue weighted by atomic mass is 32.2. The van der Waals surface area contributed by atoms with E-state index in [1.807, 2.05) is 38.1 Å². The van der Waals surface area contributed by atoms with Crippen LogP contribution in [0.25, 0.3) is 0 Å². The minimum atomic E-state index is -3.59. The van der Waals surface area contributed by atoms with Crippen LogP contribution in [0.2, 0.25) is 0 Å². The van der Waals surface area contributed by atoms with Crippen LogP contribution in [0, 0.1) is 6.92 Å². The second kappa shape index (κ2) is 5.94. The topological polar surface area (TPSA) is 59.5 Å². The number of nitrogens with zero attached hydrogens (tertiary/aromatic N) is 2. The Labute approximate surface area is 137 Å². The van der Waals surface area contributed by atoms with Crippen molar-refractivity contribution >= 4 is 10.0 Å². The molecule has 0 N–H and O–H groups in total. The van der Waals surface area contributed by atoms with Crippen molar-refractivity contribution in [2.75, 3.05) is 7.05 Å². The summed E-state index contributed by atoms with van der Waals surface area (Å²) in [6, 6.07) is 9.17. The number of fused-ring (bicyclic) bond motifs is 1. The largest absolute Gasteiger partial charge is 0.488 e. The molecule has 0 fully saturated rings. The zero-order valence-electron chi connectivity index (χ0n) is 13.4. The van der Waals surface area contributed by atoms with Gasteiger partial charge in [-0.2, -0.15) is 4.31 Å². The van der Waals surface area contributed by atoms with Crippen LogP contribution in [0.5, 0.6) is 5.75 Å². The zero-order chi connectivity index (χ0) is 16.6. The van der Waals surface area contributed by atoms with E-state index in [2.05, 4.69) is 4.98 Å². The first-order valence-electron chi connectivity index (χ1n) is 7.54. The van der Waals surface area contributed by atoms with Gasteiger partial charge in [0.2, 0.25) is 10.0 Å². The molecule has 3 rings (SSSR count). The lowest BCUT2D eigenvalue weighted by molar-refractivity contribution is 0.153. The molecule has 1 aromatic carbocycles. The summed E-state index contributed by atoms with van der Waals surface area (Å²) in [7, 11) is -2.00. The van der Waals surface area contributed by atoms with Crippen LogP contribution in [0.3, 0.4) is 0 Å². The molecule has 2 aromatic rings. The number of sulfonamides is 1. The molecule has 1 aromatic heterocycles. The molecule has 5 nitrogen and oxygen atoms in total. The quantitative estimate of drug-likeness (QED) is 0.863. The number of rotatable bonds is 4. The number of hydrogen-bond acceptors (Lipinski definition) is 4. The molecule has 1 aliphatic rings. The van der Waals surface area contributed by atoms with Crippen LogP contribution in [-0.2, 0) is 16.4 Å². The molecule has 0 spiro atoms. The van der Waals surface area contributed by atoms with E-state index in [1.165, 1.54) is 10.5 Å². The first-order chi connectivity index (χ1) is 10.9. The Morgan fingerprint density at radius 1 is 1.30 bits per heavy atom. The second-order valence-electron chi connectivity index (χ2n) is 5.93. The molecule has 2 heterocycles. The van der Waals surface area contributed by atoms with Crippen molar-refractivity contribution in [2.45, 2.75) is 37.3 Å². The normalized spacial score (nSPS) is 18.5. The third-order valence-electron chi connectivity index (χ3n) is 4.31. The van der Waals surface area contributed by atoms with Gasteiger partial charge in [0.25, 0.3) is 0 Å². The Morgan fingerprint density at radius 2 is 2.04 bits per heavy atom. The number of ether oxygens (including phenoxy) is 1. The fourth-order valence-corrected chi connectivity index (χ4v) is 4.20. The van der Waals surface area contributed by atoms with Gasteiger partial charge in [0.1, 0.15) is 16.7 Å². The number of benzene rings is 1. The fraction of sp³-hybridized carbons (Fsp3) is 0.353. The van der Waals surface area contributed by atoms with Crippen molar-refractivity contribution < 1.29 is 13.2 Å². The smallest absolute Gasteiger partial charge is 0.244 e. The minimum absolute atomic E-state index is 0.190. The molecule has 2 atom stereocenters. The Bertz CT molecular complexity index is 795. The van der Waals surface area contributed by atoms with E-state index in [1.54, 1.807) is 19.3 Å². The molecule has 23 heavy (non-hydrogen) atoms. The van der Waals surface area contributed by atoms with Crippen LogP contribution in [0.1, 0.15) is 18.1 Å². The number of para-hydroxylation sites is 1. The molecule has 6 heteroatoms. The number of aryl methyl sites for hydroxylation is 1. The Hall–Kier alpha value is -1.92. The standard InChI is InChI=1S/C17H20N2O3S/c1-12-8-15(11-18-10-12)23(20,21)19(3)13(2)17-9-14-6-4-5-7-16(14)22-17/h4-8,10-11,13,17H,9H2,1-3H3. The average molecular weight is 332 g/mol. The van der Waals surface area contributed by atoms with Crippen molar-refractivity contribution in [2.24, 2.45) is 0 Å². The van der Waals surface area contributed by atoms with Gasteiger partial charge in [-0.25, -0.2) is 8.42 Å². The summed E-state index contributed by atoms with van der Waals surface area (Å²) < 4.78 is 32.9. The maximum atomic E-state index is 12.8. The van der Waals surface area contributed by atoms with Gasteiger partial charge >= 0.3 is 0 Å². The monoisotopic (exact) mass is 332 g/mol. The average Bonchev–Trinajstić information content (AvgIpc) is 2.97. The fourth-order valence-electron chi connectivity index (χ4n) is 2.77. The van der Waals surface area contributed by atoms with Crippen LogP contribution in [-0.4, -0.2) is 36.9 Å². The number of aromatic nitrogens is 1. The second-order valence-corrected chi connectivity index (χ2v) is 7.93. The third kappa shape index (κ3) is 2.96. The van der Waals surface area contributed by atoms with E-state index < -0.39 is 10.0 Å². The molecule has 122 valence electrons. The van der Waals surface area contributed by atoms with Gasteiger partial charge in [-0.15, -0.1) is 0 Å². The lowest BCUT2D eigenvalue weighted by atomic mass is 10.1. The molecular weight excluding hydrogens is 312 g/mol. The Morgan fingerprint density at radius 3 is 2.74 bits per heavy atom. The third-order valence-corrected chi connectivity index (χ3v) is 6.22. The van der Waals surface area contributed by atoms with Crippen molar-refractivity contribution in [1.82, 2.24) is 9.29 Å². The molecule has 0 saturated heterocycles. The van der Waals surface area contributed by atoms with E-state index >= 15 is 0 Å². The van der Waals surface area contributed by atoms with Crippen molar-refractivity contribution in [1.29, 1.82) is 0 Å². The van der Waals surface area contributed by atoms with Crippen molar-refractivity contribution in [3.8, 4) is 5.75 Å². The molecule has 2 unspecified atom stereocenters. The van der Waals surface area contributed by atoms with Crippen LogP contribution >= 0.6 is 0 Å². The predicted octanol–water partition coefficient (Wildman–Crippen LogP) is 2.40. The van der Waals surface area contributed by atoms with Gasteiger partial charge in [0.05, 0.1) is 6.04 Å². The van der Waals surface area contributed by atoms with Crippen molar-refractivity contribution in [3.63, 3.8) is 0 Å². The molecule has 0 radical (unpaired) electrons. The SMILES string of the molecule is Cc1cncc(S(=O)(=O)N(C)C(C)C2Cc3ccccc3O2)c1. The maximum Gasteiger partial charge on any atom is 0.244 e. The highest BCUT2D eigenvalue weighted by molar-refractivity contribution is 7.89. The van der Waals surface area contributed by atoms with E-state index in [9.17, 15) is 8.42 Å². The Balaban J connectivity index is 1.82. The number of hydrogen-bond donors (Lipinski definition) is 0. The van der Waals surface area contributed by atoms with Gasteiger partial charge in [0.15, 0.2) is 0 Å².